The number of hydrogen-bond donors (Lipinski definition) is 1. The van der Waals surface area contributed by atoms with E-state index in [0.717, 1.165) is 11.3 Å². The molecule has 0 fully saturated rings. The molecule has 0 aromatic carbocycles. The fraction of sp³-hybridized carbons (Fsp3) is 0.684. The van der Waals surface area contributed by atoms with Crippen molar-refractivity contribution in [3.05, 3.63) is 12.2 Å². The minimum absolute atomic E-state index is 0.0157. The summed E-state index contributed by atoms with van der Waals surface area (Å²) in [6, 6.07) is -0.478. The topological polar surface area (TPSA) is 96.0 Å². The molecule has 4 amide bonds. The molecule has 0 spiro atoms. The highest BCUT2D eigenvalue weighted by atomic mass is 16.5. The van der Waals surface area contributed by atoms with Gasteiger partial charge in [0.2, 0.25) is 11.8 Å². The third kappa shape index (κ3) is 8.70. The number of imide groups is 1. The molecule has 0 aliphatic heterocycles. The van der Waals surface area contributed by atoms with E-state index in [1.807, 2.05) is 20.8 Å². The van der Waals surface area contributed by atoms with Gasteiger partial charge < -0.3 is 15.0 Å². The van der Waals surface area contributed by atoms with Crippen LogP contribution in [0.2, 0.25) is 0 Å². The summed E-state index contributed by atoms with van der Waals surface area (Å²) in [6.45, 7) is 12.7. The maximum absolute atomic E-state index is 12.4. The number of urea groups is 1. The number of nitrogens with one attached hydrogen (secondary N) is 1. The second-order valence-electron chi connectivity index (χ2n) is 7.14. The normalized spacial score (nSPS) is 10.7. The second kappa shape index (κ2) is 11.4. The fourth-order valence-electron chi connectivity index (χ4n) is 1.93. The van der Waals surface area contributed by atoms with E-state index in [1.54, 1.807) is 0 Å². The van der Waals surface area contributed by atoms with Gasteiger partial charge in [-0.05, 0) is 19.8 Å². The number of carbonyl (C=O) groups excluding carboxylic acids is 4. The first-order valence-electron chi connectivity index (χ1n) is 9.08. The van der Waals surface area contributed by atoms with E-state index in [2.05, 4.69) is 11.9 Å². The largest absolute Gasteiger partial charge is 0.460 e. The minimum atomic E-state index is -0.523. The van der Waals surface area contributed by atoms with Crippen LogP contribution < -0.4 is 5.32 Å². The molecule has 0 radical (unpaired) electrons. The number of carbonyl (C=O) groups is 4. The summed E-state index contributed by atoms with van der Waals surface area (Å²) < 4.78 is 4.95. The summed E-state index contributed by atoms with van der Waals surface area (Å²) in [6.07, 6.45) is 1.17. The zero-order valence-corrected chi connectivity index (χ0v) is 17.4. The van der Waals surface area contributed by atoms with Crippen molar-refractivity contribution < 1.29 is 23.9 Å². The maximum Gasteiger partial charge on any atom is 0.333 e. The molecule has 0 rings (SSSR count). The van der Waals surface area contributed by atoms with Gasteiger partial charge in [0.1, 0.15) is 6.61 Å². The van der Waals surface area contributed by atoms with Crippen molar-refractivity contribution in [2.75, 3.05) is 33.3 Å². The predicted octanol–water partition coefficient (Wildman–Crippen LogP) is 1.95. The molecule has 0 atom stereocenters. The van der Waals surface area contributed by atoms with Gasteiger partial charge in [0, 0.05) is 38.0 Å². The standard InChI is InChI=1S/C19H33N3O5/c1-8-19(5,6)17(25)20-10-9-11-22(15(4)23)18(26)21(7)12-13-27-16(24)14(2)3/h2,8-13H2,1,3-7H3,(H,20,25). The van der Waals surface area contributed by atoms with Crippen molar-refractivity contribution in [2.24, 2.45) is 5.41 Å². The lowest BCUT2D eigenvalue weighted by molar-refractivity contribution is -0.139. The first-order valence-corrected chi connectivity index (χ1v) is 9.08. The van der Waals surface area contributed by atoms with Crippen LogP contribution in [0.4, 0.5) is 4.79 Å². The predicted molar refractivity (Wildman–Crippen MR) is 103 cm³/mol. The molecular formula is C19H33N3O5. The van der Waals surface area contributed by atoms with Gasteiger partial charge in [-0.3, -0.25) is 14.5 Å². The average molecular weight is 383 g/mol. The van der Waals surface area contributed by atoms with Gasteiger partial charge in [-0.1, -0.05) is 27.4 Å². The minimum Gasteiger partial charge on any atom is -0.460 e. The van der Waals surface area contributed by atoms with Crippen molar-refractivity contribution in [3.63, 3.8) is 0 Å². The molecule has 8 heteroatoms. The lowest BCUT2D eigenvalue weighted by Gasteiger charge is -2.26. The summed E-state index contributed by atoms with van der Waals surface area (Å²) >= 11 is 0. The van der Waals surface area contributed by atoms with Crippen LogP contribution in [-0.2, 0) is 19.1 Å². The Balaban J connectivity index is 4.47. The van der Waals surface area contributed by atoms with Gasteiger partial charge in [-0.2, -0.15) is 0 Å². The Hall–Kier alpha value is -2.38. The molecule has 0 saturated heterocycles. The maximum atomic E-state index is 12.4. The first-order chi connectivity index (χ1) is 12.4. The monoisotopic (exact) mass is 383 g/mol. The quantitative estimate of drug-likeness (QED) is 0.353. The average Bonchev–Trinajstić information content (AvgIpc) is 2.59. The van der Waals surface area contributed by atoms with Crippen molar-refractivity contribution in [2.45, 2.75) is 47.5 Å². The summed E-state index contributed by atoms with van der Waals surface area (Å²) in [5.41, 5.74) is -0.167. The zero-order valence-electron chi connectivity index (χ0n) is 17.4. The van der Waals surface area contributed by atoms with Gasteiger partial charge >= 0.3 is 12.0 Å². The summed E-state index contributed by atoms with van der Waals surface area (Å²) in [7, 11) is 1.53. The Morgan fingerprint density at radius 2 is 1.70 bits per heavy atom. The highest BCUT2D eigenvalue weighted by Crippen LogP contribution is 2.19. The van der Waals surface area contributed by atoms with Gasteiger partial charge in [0.25, 0.3) is 0 Å². The lowest BCUT2D eigenvalue weighted by atomic mass is 9.89. The van der Waals surface area contributed by atoms with Gasteiger partial charge in [0.05, 0.1) is 6.54 Å². The van der Waals surface area contributed by atoms with Crippen LogP contribution in [0.15, 0.2) is 12.2 Å². The summed E-state index contributed by atoms with van der Waals surface area (Å²) in [5, 5.41) is 2.83. The summed E-state index contributed by atoms with van der Waals surface area (Å²) in [4.78, 5) is 50.0. The number of esters is 1. The molecule has 0 unspecified atom stereocenters. The van der Waals surface area contributed by atoms with Crippen molar-refractivity contribution in [3.8, 4) is 0 Å². The van der Waals surface area contributed by atoms with Crippen LogP contribution in [0.5, 0.6) is 0 Å². The van der Waals surface area contributed by atoms with Crippen LogP contribution in [-0.4, -0.2) is 66.9 Å². The molecule has 154 valence electrons. The number of ether oxygens (including phenoxy) is 1. The molecule has 0 aliphatic carbocycles. The van der Waals surface area contributed by atoms with Crippen LogP contribution in [0, 0.1) is 5.41 Å². The molecule has 0 aliphatic rings. The Morgan fingerprint density at radius 1 is 1.11 bits per heavy atom. The van der Waals surface area contributed by atoms with Gasteiger partial charge in [0.15, 0.2) is 0 Å². The Morgan fingerprint density at radius 3 is 2.19 bits per heavy atom. The molecule has 0 aromatic heterocycles. The molecule has 0 aromatic rings. The SMILES string of the molecule is C=C(C)C(=O)OCCN(C)C(=O)N(CCCNC(=O)C(C)(C)CC)C(C)=O. The van der Waals surface area contributed by atoms with E-state index >= 15 is 0 Å². The molecule has 0 saturated carbocycles. The van der Waals surface area contributed by atoms with Crippen molar-refractivity contribution in [1.82, 2.24) is 15.1 Å². The molecule has 27 heavy (non-hydrogen) atoms. The highest BCUT2D eigenvalue weighted by molar-refractivity contribution is 5.93. The lowest BCUT2D eigenvalue weighted by Crippen LogP contribution is -2.46. The van der Waals surface area contributed by atoms with Crippen LogP contribution in [0.25, 0.3) is 0 Å². The van der Waals surface area contributed by atoms with Gasteiger partial charge in [-0.15, -0.1) is 0 Å². The van der Waals surface area contributed by atoms with E-state index < -0.39 is 17.4 Å². The number of rotatable bonds is 10. The number of hydrogen-bond acceptors (Lipinski definition) is 5. The molecule has 0 bridgehead atoms. The molecule has 1 N–H and O–H groups in total. The third-order valence-electron chi connectivity index (χ3n) is 4.29. The zero-order chi connectivity index (χ0) is 21.2. The van der Waals surface area contributed by atoms with Crippen molar-refractivity contribution in [1.29, 1.82) is 0 Å². The Kier molecular flexibility index (Phi) is 10.4. The van der Waals surface area contributed by atoms with Gasteiger partial charge in [-0.25, -0.2) is 9.59 Å². The van der Waals surface area contributed by atoms with Crippen molar-refractivity contribution >= 4 is 23.8 Å². The Labute approximate surface area is 161 Å². The van der Waals surface area contributed by atoms with E-state index in [1.165, 1.54) is 25.8 Å². The highest BCUT2D eigenvalue weighted by Gasteiger charge is 2.25. The number of amides is 4. The van der Waals surface area contributed by atoms with Crippen LogP contribution >= 0.6 is 0 Å². The molecular weight excluding hydrogens is 350 g/mol. The second-order valence-corrected chi connectivity index (χ2v) is 7.14. The summed E-state index contributed by atoms with van der Waals surface area (Å²) in [5.74, 6) is -0.960. The van der Waals surface area contributed by atoms with Crippen LogP contribution in [0.1, 0.15) is 47.5 Å². The van der Waals surface area contributed by atoms with Crippen LogP contribution in [0.3, 0.4) is 0 Å². The molecule has 8 nitrogen and oxygen atoms in total. The van der Waals surface area contributed by atoms with E-state index in [-0.39, 0.29) is 37.1 Å². The van der Waals surface area contributed by atoms with E-state index in [0.29, 0.717) is 13.0 Å². The Bertz CT molecular complexity index is 572. The van der Waals surface area contributed by atoms with E-state index in [4.69, 9.17) is 4.74 Å². The first kappa shape index (κ1) is 24.6. The van der Waals surface area contributed by atoms with E-state index in [9.17, 15) is 19.2 Å². The fourth-order valence-corrected chi connectivity index (χ4v) is 1.93. The number of nitrogens with zero attached hydrogens (tertiary/aromatic N) is 2. The third-order valence-corrected chi connectivity index (χ3v) is 4.29. The molecule has 0 heterocycles. The number of likely N-dealkylation sites (N-methyl/N-ethyl adjacent to an activating group) is 1. The smallest absolute Gasteiger partial charge is 0.333 e.